The third kappa shape index (κ3) is 3.08. The SMILES string of the molecule is CCC1CCC(NC(=O)c2cc(Br)cnc2N)C1C. The number of nitrogens with zero attached hydrogens (tertiary/aromatic N) is 1. The van der Waals surface area contributed by atoms with Gasteiger partial charge in [-0.25, -0.2) is 4.98 Å². The zero-order chi connectivity index (χ0) is 14.0. The summed E-state index contributed by atoms with van der Waals surface area (Å²) in [6.07, 6.45) is 5.01. The Morgan fingerprint density at radius 1 is 1.58 bits per heavy atom. The fourth-order valence-corrected chi connectivity index (χ4v) is 3.24. The van der Waals surface area contributed by atoms with E-state index in [1.54, 1.807) is 12.3 Å². The lowest BCUT2D eigenvalue weighted by Crippen LogP contribution is -2.37. The predicted octanol–water partition coefficient (Wildman–Crippen LogP) is 2.98. The Kier molecular flexibility index (Phi) is 4.45. The van der Waals surface area contributed by atoms with E-state index in [1.165, 1.54) is 12.8 Å². The lowest BCUT2D eigenvalue weighted by molar-refractivity contribution is 0.0927. The minimum absolute atomic E-state index is 0.125. The van der Waals surface area contributed by atoms with Gasteiger partial charge in [-0.15, -0.1) is 0 Å². The number of carbonyl (C=O) groups is 1. The molecule has 1 aliphatic carbocycles. The van der Waals surface area contributed by atoms with Crippen LogP contribution in [0.4, 0.5) is 5.82 Å². The first-order valence-electron chi connectivity index (χ1n) is 6.74. The molecule has 5 heteroatoms. The fraction of sp³-hybridized carbons (Fsp3) is 0.571. The highest BCUT2D eigenvalue weighted by Gasteiger charge is 2.32. The molecule has 1 fully saturated rings. The van der Waals surface area contributed by atoms with Crippen molar-refractivity contribution in [3.8, 4) is 0 Å². The number of aromatic nitrogens is 1. The number of nitrogens with one attached hydrogen (secondary N) is 1. The monoisotopic (exact) mass is 325 g/mol. The molecular formula is C14H20BrN3O. The first-order chi connectivity index (χ1) is 9.02. The van der Waals surface area contributed by atoms with Crippen molar-refractivity contribution in [2.45, 2.75) is 39.2 Å². The van der Waals surface area contributed by atoms with Gasteiger partial charge in [0.15, 0.2) is 0 Å². The van der Waals surface area contributed by atoms with Gasteiger partial charge >= 0.3 is 0 Å². The van der Waals surface area contributed by atoms with Crippen LogP contribution in [0.25, 0.3) is 0 Å². The minimum Gasteiger partial charge on any atom is -0.383 e. The van der Waals surface area contributed by atoms with Gasteiger partial charge in [-0.1, -0.05) is 20.3 Å². The van der Waals surface area contributed by atoms with Crippen molar-refractivity contribution in [1.29, 1.82) is 0 Å². The van der Waals surface area contributed by atoms with Gasteiger partial charge in [-0.3, -0.25) is 4.79 Å². The molecule has 1 aromatic heterocycles. The second-order valence-corrected chi connectivity index (χ2v) is 6.19. The lowest BCUT2D eigenvalue weighted by atomic mass is 9.93. The van der Waals surface area contributed by atoms with Gasteiger partial charge in [0.25, 0.3) is 5.91 Å². The van der Waals surface area contributed by atoms with Crippen LogP contribution in [-0.4, -0.2) is 16.9 Å². The zero-order valence-corrected chi connectivity index (χ0v) is 12.9. The molecule has 0 radical (unpaired) electrons. The van der Waals surface area contributed by atoms with E-state index in [-0.39, 0.29) is 17.8 Å². The number of pyridine rings is 1. The number of hydrogen-bond donors (Lipinski definition) is 2. The first-order valence-corrected chi connectivity index (χ1v) is 7.54. The number of carbonyl (C=O) groups excluding carboxylic acids is 1. The summed E-state index contributed by atoms with van der Waals surface area (Å²) in [7, 11) is 0. The van der Waals surface area contributed by atoms with Crippen LogP contribution in [0.5, 0.6) is 0 Å². The summed E-state index contributed by atoms with van der Waals surface area (Å²) < 4.78 is 0.762. The second kappa shape index (κ2) is 5.90. The summed E-state index contributed by atoms with van der Waals surface area (Å²) in [5.41, 5.74) is 6.21. The Hall–Kier alpha value is -1.10. The van der Waals surface area contributed by atoms with Crippen molar-refractivity contribution in [3.05, 3.63) is 22.3 Å². The highest BCUT2D eigenvalue weighted by Crippen LogP contribution is 2.34. The van der Waals surface area contributed by atoms with E-state index in [4.69, 9.17) is 5.73 Å². The Labute approximate surface area is 122 Å². The van der Waals surface area contributed by atoms with Crippen molar-refractivity contribution in [2.75, 3.05) is 5.73 Å². The maximum atomic E-state index is 12.3. The molecule has 0 aromatic carbocycles. The van der Waals surface area contributed by atoms with Gasteiger partial charge in [-0.2, -0.15) is 0 Å². The van der Waals surface area contributed by atoms with Gasteiger partial charge in [-0.05, 0) is 46.7 Å². The number of amides is 1. The van der Waals surface area contributed by atoms with E-state index >= 15 is 0 Å². The standard InChI is InChI=1S/C14H20BrN3O/c1-3-9-4-5-12(8(9)2)18-14(19)11-6-10(15)7-17-13(11)16/h6-9,12H,3-5H2,1-2H3,(H2,16,17)(H,18,19). The van der Waals surface area contributed by atoms with E-state index in [9.17, 15) is 4.79 Å². The molecule has 0 spiro atoms. The maximum Gasteiger partial charge on any atom is 0.255 e. The van der Waals surface area contributed by atoms with E-state index < -0.39 is 0 Å². The zero-order valence-electron chi connectivity index (χ0n) is 11.3. The molecule has 0 aliphatic heterocycles. The smallest absolute Gasteiger partial charge is 0.255 e. The van der Waals surface area contributed by atoms with Crippen molar-refractivity contribution >= 4 is 27.7 Å². The third-order valence-corrected chi connectivity index (χ3v) is 4.63. The summed E-state index contributed by atoms with van der Waals surface area (Å²) in [5, 5.41) is 3.10. The molecule has 0 saturated heterocycles. The maximum absolute atomic E-state index is 12.3. The van der Waals surface area contributed by atoms with Crippen LogP contribution in [0.1, 0.15) is 43.5 Å². The Balaban J connectivity index is 2.07. The Bertz CT molecular complexity index is 478. The molecule has 4 nitrogen and oxygen atoms in total. The minimum atomic E-state index is -0.125. The van der Waals surface area contributed by atoms with Crippen molar-refractivity contribution in [3.63, 3.8) is 0 Å². The summed E-state index contributed by atoms with van der Waals surface area (Å²) in [4.78, 5) is 16.3. The fourth-order valence-electron chi connectivity index (χ4n) is 2.91. The highest BCUT2D eigenvalue weighted by atomic mass is 79.9. The average molecular weight is 326 g/mol. The summed E-state index contributed by atoms with van der Waals surface area (Å²) >= 11 is 3.31. The molecule has 1 heterocycles. The Morgan fingerprint density at radius 2 is 2.32 bits per heavy atom. The molecular weight excluding hydrogens is 306 g/mol. The van der Waals surface area contributed by atoms with Crippen molar-refractivity contribution in [2.24, 2.45) is 11.8 Å². The summed E-state index contributed by atoms with van der Waals surface area (Å²) in [5.74, 6) is 1.39. The summed E-state index contributed by atoms with van der Waals surface area (Å²) in [6.45, 7) is 4.43. The van der Waals surface area contributed by atoms with Crippen LogP contribution in [0, 0.1) is 11.8 Å². The molecule has 1 amide bonds. The number of halogens is 1. The summed E-state index contributed by atoms with van der Waals surface area (Å²) in [6, 6.07) is 1.96. The van der Waals surface area contributed by atoms with Gasteiger partial charge in [0, 0.05) is 16.7 Å². The molecule has 1 aliphatic rings. The molecule has 19 heavy (non-hydrogen) atoms. The van der Waals surface area contributed by atoms with Crippen molar-refractivity contribution in [1.82, 2.24) is 10.3 Å². The van der Waals surface area contributed by atoms with E-state index in [0.717, 1.165) is 10.9 Å². The largest absolute Gasteiger partial charge is 0.383 e. The molecule has 104 valence electrons. The normalized spacial score (nSPS) is 26.4. The van der Waals surface area contributed by atoms with Gasteiger partial charge < -0.3 is 11.1 Å². The number of nitrogens with two attached hydrogens (primary N) is 1. The molecule has 0 bridgehead atoms. The lowest BCUT2D eigenvalue weighted by Gasteiger charge is -2.21. The second-order valence-electron chi connectivity index (χ2n) is 5.27. The molecule has 2 rings (SSSR count). The Morgan fingerprint density at radius 3 is 2.95 bits per heavy atom. The van der Waals surface area contributed by atoms with Gasteiger partial charge in [0.1, 0.15) is 5.82 Å². The van der Waals surface area contributed by atoms with Gasteiger partial charge in [0.2, 0.25) is 0 Å². The van der Waals surface area contributed by atoms with E-state index in [1.807, 2.05) is 0 Å². The first kappa shape index (κ1) is 14.3. The highest BCUT2D eigenvalue weighted by molar-refractivity contribution is 9.10. The van der Waals surface area contributed by atoms with Crippen LogP contribution in [0.15, 0.2) is 16.7 Å². The number of hydrogen-bond acceptors (Lipinski definition) is 3. The molecule has 1 saturated carbocycles. The van der Waals surface area contributed by atoms with Crippen LogP contribution in [0.2, 0.25) is 0 Å². The van der Waals surface area contributed by atoms with Crippen LogP contribution in [-0.2, 0) is 0 Å². The number of rotatable bonds is 3. The van der Waals surface area contributed by atoms with Crippen LogP contribution in [0.3, 0.4) is 0 Å². The molecule has 3 N–H and O–H groups in total. The van der Waals surface area contributed by atoms with Crippen LogP contribution >= 0.6 is 15.9 Å². The van der Waals surface area contributed by atoms with E-state index in [2.05, 4.69) is 40.1 Å². The topological polar surface area (TPSA) is 68.0 Å². The molecule has 3 unspecified atom stereocenters. The number of anilines is 1. The average Bonchev–Trinajstić information content (AvgIpc) is 2.73. The third-order valence-electron chi connectivity index (χ3n) is 4.20. The van der Waals surface area contributed by atoms with Crippen LogP contribution < -0.4 is 11.1 Å². The molecule has 1 aromatic rings. The van der Waals surface area contributed by atoms with E-state index in [0.29, 0.717) is 17.4 Å². The number of nitrogen functional groups attached to an aromatic ring is 1. The van der Waals surface area contributed by atoms with Gasteiger partial charge in [0.05, 0.1) is 5.56 Å². The predicted molar refractivity (Wildman–Crippen MR) is 79.8 cm³/mol. The van der Waals surface area contributed by atoms with Crippen molar-refractivity contribution < 1.29 is 4.79 Å². The quantitative estimate of drug-likeness (QED) is 0.897. The molecule has 3 atom stereocenters.